The highest BCUT2D eigenvalue weighted by Gasteiger charge is 2.34. The predicted octanol–water partition coefficient (Wildman–Crippen LogP) is 4.92. The molecule has 0 saturated heterocycles. The Morgan fingerprint density at radius 2 is 2.00 bits per heavy atom. The van der Waals surface area contributed by atoms with Gasteiger partial charge in [0.2, 0.25) is 0 Å². The highest BCUT2D eigenvalue weighted by molar-refractivity contribution is 5.90. The topological polar surface area (TPSA) is 37.3 Å². The second kappa shape index (κ2) is 6.59. The molecule has 0 aromatic heterocycles. The molecule has 0 spiro atoms. The lowest BCUT2D eigenvalue weighted by Gasteiger charge is -2.13. The average Bonchev–Trinajstić information content (AvgIpc) is 2.32. The molecule has 0 heterocycles. The van der Waals surface area contributed by atoms with E-state index in [1.165, 1.54) is 19.1 Å². The number of aryl methyl sites for hydroxylation is 1. The van der Waals surface area contributed by atoms with Crippen molar-refractivity contribution in [1.29, 1.82) is 0 Å². The lowest BCUT2D eigenvalue weighted by Crippen LogP contribution is -2.11. The van der Waals surface area contributed by atoms with Gasteiger partial charge in [-0.1, -0.05) is 38.0 Å². The standard InChI is InChI=1S/C15H17F3O2/c1-3-4-5-6-7-11-8-10(2)12(14(19)20)9-13(11)15(16,17)18/h6-9H,3-5H2,1-2H3,(H,19,20). The molecule has 0 unspecified atom stereocenters. The van der Waals surface area contributed by atoms with E-state index >= 15 is 0 Å². The first-order chi connectivity index (χ1) is 9.27. The number of hydrogen-bond acceptors (Lipinski definition) is 1. The maximum atomic E-state index is 13.0. The first-order valence-electron chi connectivity index (χ1n) is 6.39. The molecule has 1 aromatic rings. The van der Waals surface area contributed by atoms with Gasteiger partial charge in [-0.3, -0.25) is 0 Å². The number of carboxylic acids is 1. The third-order valence-electron chi connectivity index (χ3n) is 2.95. The number of benzene rings is 1. The third kappa shape index (κ3) is 4.11. The highest BCUT2D eigenvalue weighted by Crippen LogP contribution is 2.34. The normalized spacial score (nSPS) is 12.1. The summed E-state index contributed by atoms with van der Waals surface area (Å²) in [6, 6.07) is 1.98. The molecule has 0 aliphatic rings. The number of allylic oxidation sites excluding steroid dienone is 1. The van der Waals surface area contributed by atoms with Crippen molar-refractivity contribution < 1.29 is 23.1 Å². The van der Waals surface area contributed by atoms with Gasteiger partial charge in [-0.15, -0.1) is 0 Å². The summed E-state index contributed by atoms with van der Waals surface area (Å²) in [7, 11) is 0. The smallest absolute Gasteiger partial charge is 0.417 e. The third-order valence-corrected chi connectivity index (χ3v) is 2.95. The van der Waals surface area contributed by atoms with Crippen molar-refractivity contribution in [3.8, 4) is 0 Å². The van der Waals surface area contributed by atoms with E-state index in [0.717, 1.165) is 12.8 Å². The van der Waals surface area contributed by atoms with Crippen LogP contribution in [0.3, 0.4) is 0 Å². The van der Waals surface area contributed by atoms with Crippen LogP contribution in [0.25, 0.3) is 6.08 Å². The van der Waals surface area contributed by atoms with Gasteiger partial charge in [0.15, 0.2) is 0 Å². The number of unbranched alkanes of at least 4 members (excludes halogenated alkanes) is 2. The number of carbonyl (C=O) groups is 1. The van der Waals surface area contributed by atoms with Crippen LogP contribution in [-0.4, -0.2) is 11.1 Å². The average molecular weight is 286 g/mol. The molecule has 0 radical (unpaired) electrons. The van der Waals surface area contributed by atoms with E-state index in [1.807, 2.05) is 6.92 Å². The monoisotopic (exact) mass is 286 g/mol. The number of hydrogen-bond donors (Lipinski definition) is 1. The van der Waals surface area contributed by atoms with E-state index in [9.17, 15) is 18.0 Å². The molecule has 0 amide bonds. The Balaban J connectivity index is 3.25. The quantitative estimate of drug-likeness (QED) is 0.780. The summed E-state index contributed by atoms with van der Waals surface area (Å²) in [6.07, 6.45) is 1.11. The van der Waals surface area contributed by atoms with E-state index in [1.54, 1.807) is 6.08 Å². The minimum atomic E-state index is -4.57. The molecule has 2 nitrogen and oxygen atoms in total. The second-order valence-electron chi connectivity index (χ2n) is 4.60. The number of rotatable bonds is 5. The zero-order valence-corrected chi connectivity index (χ0v) is 11.4. The van der Waals surface area contributed by atoms with Crippen LogP contribution in [0.4, 0.5) is 13.2 Å². The molecular weight excluding hydrogens is 269 g/mol. The van der Waals surface area contributed by atoms with Crippen LogP contribution in [0, 0.1) is 6.92 Å². The van der Waals surface area contributed by atoms with Gasteiger partial charge in [0.1, 0.15) is 0 Å². The maximum Gasteiger partial charge on any atom is 0.417 e. The van der Waals surface area contributed by atoms with Crippen LogP contribution >= 0.6 is 0 Å². The molecule has 0 atom stereocenters. The van der Waals surface area contributed by atoms with Crippen LogP contribution in [0.2, 0.25) is 0 Å². The molecule has 0 fully saturated rings. The number of aromatic carboxylic acids is 1. The number of halogens is 3. The van der Waals surface area contributed by atoms with Gasteiger partial charge < -0.3 is 5.11 Å². The Kier molecular flexibility index (Phi) is 5.36. The van der Waals surface area contributed by atoms with Crippen LogP contribution in [-0.2, 0) is 6.18 Å². The zero-order valence-electron chi connectivity index (χ0n) is 11.4. The first-order valence-corrected chi connectivity index (χ1v) is 6.39. The molecule has 5 heteroatoms. The van der Waals surface area contributed by atoms with Crippen molar-refractivity contribution >= 4 is 12.0 Å². The SMILES string of the molecule is CCCCC=Cc1cc(C)c(C(=O)O)cc1C(F)(F)F. The Hall–Kier alpha value is -1.78. The van der Waals surface area contributed by atoms with Gasteiger partial charge in [0, 0.05) is 0 Å². The van der Waals surface area contributed by atoms with Gasteiger partial charge in [-0.05, 0) is 30.5 Å². The molecule has 0 saturated carbocycles. The van der Waals surface area contributed by atoms with Gasteiger partial charge >= 0.3 is 12.1 Å². The maximum absolute atomic E-state index is 13.0. The summed E-state index contributed by atoms with van der Waals surface area (Å²) in [5.74, 6) is -1.35. The minimum absolute atomic E-state index is 0.0103. The lowest BCUT2D eigenvalue weighted by atomic mass is 9.98. The van der Waals surface area contributed by atoms with Crippen LogP contribution in [0.15, 0.2) is 18.2 Å². The highest BCUT2D eigenvalue weighted by atomic mass is 19.4. The van der Waals surface area contributed by atoms with Gasteiger partial charge in [-0.25, -0.2) is 4.79 Å². The first kappa shape index (κ1) is 16.3. The molecule has 1 rings (SSSR count). The van der Waals surface area contributed by atoms with E-state index < -0.39 is 17.7 Å². The molecule has 1 N–H and O–H groups in total. The lowest BCUT2D eigenvalue weighted by molar-refractivity contribution is -0.137. The summed E-state index contributed by atoms with van der Waals surface area (Å²) < 4.78 is 38.9. The van der Waals surface area contributed by atoms with E-state index in [4.69, 9.17) is 5.11 Å². The predicted molar refractivity (Wildman–Crippen MR) is 71.7 cm³/mol. The summed E-state index contributed by atoms with van der Waals surface area (Å²) >= 11 is 0. The summed E-state index contributed by atoms with van der Waals surface area (Å²) in [6.45, 7) is 3.49. The van der Waals surface area contributed by atoms with E-state index in [2.05, 4.69) is 0 Å². The molecular formula is C15H17F3O2. The zero-order chi connectivity index (χ0) is 15.3. The van der Waals surface area contributed by atoms with Crippen molar-refractivity contribution in [2.24, 2.45) is 0 Å². The summed E-state index contributed by atoms with van der Waals surface area (Å²) in [5, 5.41) is 8.91. The minimum Gasteiger partial charge on any atom is -0.478 e. The van der Waals surface area contributed by atoms with Gasteiger partial charge in [0.25, 0.3) is 0 Å². The number of carboxylic acid groups (broad SMARTS) is 1. The van der Waals surface area contributed by atoms with Crippen molar-refractivity contribution in [3.05, 3.63) is 40.5 Å². The second-order valence-corrected chi connectivity index (χ2v) is 4.60. The summed E-state index contributed by atoms with van der Waals surface area (Å²) in [5.41, 5.74) is -0.895. The Morgan fingerprint density at radius 1 is 1.35 bits per heavy atom. The fraction of sp³-hybridized carbons (Fsp3) is 0.400. The van der Waals surface area contributed by atoms with Crippen LogP contribution < -0.4 is 0 Å². The Bertz CT molecular complexity index is 517. The van der Waals surface area contributed by atoms with Crippen molar-refractivity contribution in [2.75, 3.05) is 0 Å². The van der Waals surface area contributed by atoms with Gasteiger partial charge in [0.05, 0.1) is 11.1 Å². The molecule has 0 aliphatic heterocycles. The number of alkyl halides is 3. The largest absolute Gasteiger partial charge is 0.478 e. The molecule has 110 valence electrons. The van der Waals surface area contributed by atoms with Crippen molar-refractivity contribution in [3.63, 3.8) is 0 Å². The Labute approximate surface area is 115 Å². The fourth-order valence-electron chi connectivity index (χ4n) is 1.88. The molecule has 1 aromatic carbocycles. The molecule has 0 bridgehead atoms. The van der Waals surface area contributed by atoms with Crippen molar-refractivity contribution in [1.82, 2.24) is 0 Å². The van der Waals surface area contributed by atoms with E-state index in [0.29, 0.717) is 18.1 Å². The van der Waals surface area contributed by atoms with Crippen LogP contribution in [0.1, 0.15) is 53.2 Å². The van der Waals surface area contributed by atoms with Crippen molar-refractivity contribution in [2.45, 2.75) is 39.3 Å². The fourth-order valence-corrected chi connectivity index (χ4v) is 1.88. The van der Waals surface area contributed by atoms with Gasteiger partial charge in [-0.2, -0.15) is 13.2 Å². The Morgan fingerprint density at radius 3 is 2.50 bits per heavy atom. The molecule has 20 heavy (non-hydrogen) atoms. The summed E-state index contributed by atoms with van der Waals surface area (Å²) in [4.78, 5) is 10.9. The van der Waals surface area contributed by atoms with E-state index in [-0.39, 0.29) is 11.1 Å². The van der Waals surface area contributed by atoms with Crippen LogP contribution in [0.5, 0.6) is 0 Å². The molecule has 0 aliphatic carbocycles.